The largest absolute Gasteiger partial charge is 0.481 e. The van der Waals surface area contributed by atoms with Crippen LogP contribution in [-0.2, 0) is 15.0 Å². The van der Waals surface area contributed by atoms with Crippen LogP contribution in [-0.4, -0.2) is 23.5 Å². The first kappa shape index (κ1) is 26.2. The van der Waals surface area contributed by atoms with Gasteiger partial charge in [0.1, 0.15) is 5.92 Å². The molecule has 2 unspecified atom stereocenters. The van der Waals surface area contributed by atoms with Crippen molar-refractivity contribution in [2.24, 2.45) is 0 Å². The molecule has 0 aromatic heterocycles. The standard InChI is InChI=1S/C30H43NO3/c1-3-5-7-9-10-11-12-13-21-30(29(34)31-22-14-8-6-4-2)25-20-16-18-23-17-15-19-24(26(23)25)27(30)28(32)33/h15-20,27H,3-14,21-22H2,1-2H3,(H,31,34)(H,32,33). The molecule has 0 radical (unpaired) electrons. The van der Waals surface area contributed by atoms with Crippen LogP contribution >= 0.6 is 0 Å². The first-order valence-electron chi connectivity index (χ1n) is 13.6. The fourth-order valence-electron chi connectivity index (χ4n) is 5.84. The highest BCUT2D eigenvalue weighted by molar-refractivity contribution is 6.07. The number of unbranched alkanes of at least 4 members (excludes halogenated alkanes) is 10. The van der Waals surface area contributed by atoms with Gasteiger partial charge in [-0.3, -0.25) is 9.59 Å². The maximum absolute atomic E-state index is 13.9. The van der Waals surface area contributed by atoms with Crippen molar-refractivity contribution in [3.05, 3.63) is 47.5 Å². The van der Waals surface area contributed by atoms with Crippen LogP contribution in [0.25, 0.3) is 10.8 Å². The van der Waals surface area contributed by atoms with Gasteiger partial charge in [-0.2, -0.15) is 0 Å². The second-order valence-corrected chi connectivity index (χ2v) is 10.0. The molecule has 2 N–H and O–H groups in total. The van der Waals surface area contributed by atoms with E-state index in [-0.39, 0.29) is 5.91 Å². The molecule has 0 heterocycles. The van der Waals surface area contributed by atoms with Gasteiger partial charge < -0.3 is 10.4 Å². The predicted octanol–water partition coefficient (Wildman–Crippen LogP) is 7.49. The van der Waals surface area contributed by atoms with Crippen LogP contribution in [0.5, 0.6) is 0 Å². The van der Waals surface area contributed by atoms with Crippen molar-refractivity contribution in [3.63, 3.8) is 0 Å². The average molecular weight is 466 g/mol. The Morgan fingerprint density at radius 1 is 0.824 bits per heavy atom. The molecule has 0 spiro atoms. The van der Waals surface area contributed by atoms with Crippen LogP contribution in [0.1, 0.15) is 114 Å². The molecule has 4 nitrogen and oxygen atoms in total. The summed E-state index contributed by atoms with van der Waals surface area (Å²) in [5, 5.41) is 15.6. The number of nitrogens with one attached hydrogen (secondary N) is 1. The van der Waals surface area contributed by atoms with Crippen molar-refractivity contribution in [3.8, 4) is 0 Å². The van der Waals surface area contributed by atoms with Gasteiger partial charge in [-0.25, -0.2) is 0 Å². The van der Waals surface area contributed by atoms with Crippen LogP contribution < -0.4 is 5.32 Å². The number of aliphatic carboxylic acids is 1. The Morgan fingerprint density at radius 2 is 1.41 bits per heavy atom. The summed E-state index contributed by atoms with van der Waals surface area (Å²) in [4.78, 5) is 26.6. The molecule has 34 heavy (non-hydrogen) atoms. The van der Waals surface area contributed by atoms with Crippen molar-refractivity contribution in [1.82, 2.24) is 5.32 Å². The number of rotatable bonds is 16. The maximum Gasteiger partial charge on any atom is 0.312 e. The van der Waals surface area contributed by atoms with Gasteiger partial charge >= 0.3 is 5.97 Å². The van der Waals surface area contributed by atoms with Crippen molar-refractivity contribution < 1.29 is 14.7 Å². The van der Waals surface area contributed by atoms with E-state index in [9.17, 15) is 14.7 Å². The third-order valence-corrected chi connectivity index (χ3v) is 7.61. The lowest BCUT2D eigenvalue weighted by Crippen LogP contribution is -2.49. The van der Waals surface area contributed by atoms with Gasteiger partial charge in [0.15, 0.2) is 0 Å². The number of carbonyl (C=O) groups excluding carboxylic acids is 1. The molecule has 0 bridgehead atoms. The first-order chi connectivity index (χ1) is 16.6. The number of amides is 1. The molecular weight excluding hydrogens is 422 g/mol. The summed E-state index contributed by atoms with van der Waals surface area (Å²) in [5.74, 6) is -1.85. The monoisotopic (exact) mass is 465 g/mol. The first-order valence-corrected chi connectivity index (χ1v) is 13.6. The SMILES string of the molecule is CCCCCCCCCCC1(C(=O)NCCCCCC)c2cccc3cccc(c23)C1C(=O)O. The average Bonchev–Trinajstić information content (AvgIpc) is 3.13. The molecule has 2 aromatic carbocycles. The lowest BCUT2D eigenvalue weighted by Gasteiger charge is -2.34. The Morgan fingerprint density at radius 3 is 2.06 bits per heavy atom. The molecular formula is C30H43NO3. The van der Waals surface area contributed by atoms with Crippen LogP contribution in [0, 0.1) is 0 Å². The van der Waals surface area contributed by atoms with Crippen LogP contribution in [0.2, 0.25) is 0 Å². The summed E-state index contributed by atoms with van der Waals surface area (Å²) >= 11 is 0. The second-order valence-electron chi connectivity index (χ2n) is 10.0. The van der Waals surface area contributed by atoms with Crippen LogP contribution in [0.4, 0.5) is 0 Å². The Kier molecular flexibility index (Phi) is 9.98. The molecule has 0 fully saturated rings. The van der Waals surface area contributed by atoms with Crippen LogP contribution in [0.3, 0.4) is 0 Å². The summed E-state index contributed by atoms with van der Waals surface area (Å²) < 4.78 is 0. The highest BCUT2D eigenvalue weighted by Gasteiger charge is 2.55. The quantitative estimate of drug-likeness (QED) is 0.252. The minimum Gasteiger partial charge on any atom is -0.481 e. The van der Waals surface area contributed by atoms with E-state index < -0.39 is 17.3 Å². The fourth-order valence-corrected chi connectivity index (χ4v) is 5.84. The van der Waals surface area contributed by atoms with Gasteiger partial charge in [0.05, 0.1) is 5.41 Å². The topological polar surface area (TPSA) is 66.4 Å². The molecule has 1 amide bonds. The lowest BCUT2D eigenvalue weighted by molar-refractivity contribution is -0.144. The Balaban J connectivity index is 1.83. The van der Waals surface area contributed by atoms with Gasteiger partial charge in [-0.1, -0.05) is 121 Å². The van der Waals surface area contributed by atoms with E-state index in [0.717, 1.165) is 66.8 Å². The number of carboxylic acids is 1. The van der Waals surface area contributed by atoms with Crippen molar-refractivity contribution >= 4 is 22.6 Å². The number of benzene rings is 2. The minimum atomic E-state index is -1.04. The summed E-state index contributed by atoms with van der Waals surface area (Å²) in [5.41, 5.74) is 0.658. The van der Waals surface area contributed by atoms with Crippen molar-refractivity contribution in [1.29, 1.82) is 0 Å². The van der Waals surface area contributed by atoms with E-state index in [0.29, 0.717) is 13.0 Å². The summed E-state index contributed by atoms with van der Waals surface area (Å²) in [7, 11) is 0. The highest BCUT2D eigenvalue weighted by atomic mass is 16.4. The molecule has 1 aliphatic carbocycles. The highest BCUT2D eigenvalue weighted by Crippen LogP contribution is 2.53. The second kappa shape index (κ2) is 12.9. The summed E-state index contributed by atoms with van der Waals surface area (Å²) in [6.07, 6.45) is 14.3. The molecule has 186 valence electrons. The van der Waals surface area contributed by atoms with Gasteiger partial charge in [-0.15, -0.1) is 0 Å². The van der Waals surface area contributed by atoms with E-state index in [1.807, 2.05) is 36.4 Å². The van der Waals surface area contributed by atoms with E-state index >= 15 is 0 Å². The number of hydrogen-bond donors (Lipinski definition) is 2. The molecule has 4 heteroatoms. The molecule has 2 atom stereocenters. The molecule has 0 saturated heterocycles. The predicted molar refractivity (Wildman–Crippen MR) is 140 cm³/mol. The number of carbonyl (C=O) groups is 2. The smallest absolute Gasteiger partial charge is 0.312 e. The van der Waals surface area contributed by atoms with E-state index in [4.69, 9.17) is 0 Å². The Hall–Kier alpha value is -2.36. The molecule has 3 rings (SSSR count). The third-order valence-electron chi connectivity index (χ3n) is 7.61. The normalized spacial score (nSPS) is 18.9. The van der Waals surface area contributed by atoms with Crippen molar-refractivity contribution in [2.45, 2.75) is 109 Å². The Bertz CT molecular complexity index is 948. The third kappa shape index (κ3) is 5.64. The zero-order valence-corrected chi connectivity index (χ0v) is 21.2. The summed E-state index contributed by atoms with van der Waals surface area (Å²) in [6, 6.07) is 11.9. The number of hydrogen-bond acceptors (Lipinski definition) is 2. The molecule has 0 aliphatic heterocycles. The minimum absolute atomic E-state index is 0.108. The van der Waals surface area contributed by atoms with E-state index in [2.05, 4.69) is 19.2 Å². The number of carboxylic acid groups (broad SMARTS) is 1. The van der Waals surface area contributed by atoms with Crippen molar-refractivity contribution in [2.75, 3.05) is 6.54 Å². The van der Waals surface area contributed by atoms with Gasteiger partial charge in [-0.05, 0) is 34.7 Å². The van der Waals surface area contributed by atoms with Crippen LogP contribution in [0.15, 0.2) is 36.4 Å². The van der Waals surface area contributed by atoms with Gasteiger partial charge in [0, 0.05) is 6.54 Å². The van der Waals surface area contributed by atoms with E-state index in [1.54, 1.807) is 0 Å². The zero-order valence-electron chi connectivity index (χ0n) is 21.2. The molecule has 0 saturated carbocycles. The van der Waals surface area contributed by atoms with Gasteiger partial charge in [0.25, 0.3) is 0 Å². The fraction of sp³-hybridized carbons (Fsp3) is 0.600. The summed E-state index contributed by atoms with van der Waals surface area (Å²) in [6.45, 7) is 5.01. The molecule has 1 aliphatic rings. The van der Waals surface area contributed by atoms with E-state index in [1.165, 1.54) is 32.1 Å². The van der Waals surface area contributed by atoms with Gasteiger partial charge in [0.2, 0.25) is 5.91 Å². The lowest BCUT2D eigenvalue weighted by atomic mass is 9.68. The maximum atomic E-state index is 13.9. The zero-order chi connectivity index (χ0) is 24.4. The Labute approximate surface area is 205 Å². The molecule has 2 aromatic rings.